The molecule has 0 aliphatic rings. The first-order chi connectivity index (χ1) is 16.5. The van der Waals surface area contributed by atoms with E-state index in [2.05, 4.69) is 19.9 Å². The van der Waals surface area contributed by atoms with E-state index in [0.29, 0.717) is 28.6 Å². The lowest BCUT2D eigenvalue weighted by atomic mass is 10.1. The van der Waals surface area contributed by atoms with Crippen molar-refractivity contribution in [2.75, 3.05) is 5.73 Å². The number of alkyl halides is 3. The molecule has 1 atom stereocenters. The zero-order valence-electron chi connectivity index (χ0n) is 18.7. The van der Waals surface area contributed by atoms with Crippen LogP contribution < -0.4 is 5.73 Å². The summed E-state index contributed by atoms with van der Waals surface area (Å²) in [6, 6.07) is 7.16. The van der Waals surface area contributed by atoms with Crippen LogP contribution in [0.5, 0.6) is 0 Å². The summed E-state index contributed by atoms with van der Waals surface area (Å²) in [5, 5.41) is 0.576. The Morgan fingerprint density at radius 2 is 1.89 bits per heavy atom. The van der Waals surface area contributed by atoms with Crippen LogP contribution in [0.4, 0.5) is 23.4 Å². The number of pyridine rings is 4. The zero-order chi connectivity index (χ0) is 25.3. The van der Waals surface area contributed by atoms with Crippen molar-refractivity contribution in [3.8, 4) is 0 Å². The van der Waals surface area contributed by atoms with Crippen LogP contribution in [0.15, 0.2) is 55.0 Å². The van der Waals surface area contributed by atoms with Gasteiger partial charge in [-0.1, -0.05) is 0 Å². The minimum Gasteiger partial charge on any atom is -0.383 e. The molecule has 35 heavy (non-hydrogen) atoms. The Balaban J connectivity index is 1.73. The molecule has 0 saturated heterocycles. The Bertz CT molecular complexity index is 1390. The van der Waals surface area contributed by atoms with Gasteiger partial charge < -0.3 is 10.6 Å². The highest BCUT2D eigenvalue weighted by Crippen LogP contribution is 2.30. The summed E-state index contributed by atoms with van der Waals surface area (Å²) in [7, 11) is 0. The number of carbonyl (C=O) groups is 1. The highest BCUT2D eigenvalue weighted by molar-refractivity contribution is 5.97. The number of hydrogen-bond acceptors (Lipinski definition) is 6. The van der Waals surface area contributed by atoms with Gasteiger partial charge >= 0.3 is 6.18 Å². The van der Waals surface area contributed by atoms with Gasteiger partial charge in [-0.15, -0.1) is 0 Å². The van der Waals surface area contributed by atoms with Crippen molar-refractivity contribution < 1.29 is 22.4 Å². The second-order valence-corrected chi connectivity index (χ2v) is 7.98. The van der Waals surface area contributed by atoms with E-state index < -0.39 is 29.5 Å². The number of nitrogen functional groups attached to an aromatic ring is 1. The van der Waals surface area contributed by atoms with Crippen LogP contribution >= 0.6 is 0 Å². The highest BCUT2D eigenvalue weighted by Gasteiger charge is 2.31. The van der Waals surface area contributed by atoms with Crippen molar-refractivity contribution >= 4 is 22.8 Å². The maximum Gasteiger partial charge on any atom is 0.417 e. The highest BCUT2D eigenvalue weighted by atomic mass is 19.4. The molecule has 4 aromatic heterocycles. The molecule has 0 spiro atoms. The molecule has 0 aliphatic carbocycles. The van der Waals surface area contributed by atoms with E-state index in [1.807, 2.05) is 0 Å². The average molecular weight is 484 g/mol. The molecule has 11 heteroatoms. The van der Waals surface area contributed by atoms with Crippen LogP contribution in [-0.2, 0) is 12.7 Å². The van der Waals surface area contributed by atoms with E-state index >= 15 is 0 Å². The first-order valence-corrected chi connectivity index (χ1v) is 10.5. The van der Waals surface area contributed by atoms with Gasteiger partial charge in [-0.3, -0.25) is 14.8 Å². The molecular weight excluding hydrogens is 464 g/mol. The minimum atomic E-state index is -4.54. The van der Waals surface area contributed by atoms with E-state index in [0.717, 1.165) is 6.07 Å². The first kappa shape index (κ1) is 24.0. The number of anilines is 1. The monoisotopic (exact) mass is 484 g/mol. The van der Waals surface area contributed by atoms with Crippen LogP contribution in [0, 0.1) is 12.7 Å². The molecule has 0 saturated carbocycles. The summed E-state index contributed by atoms with van der Waals surface area (Å²) >= 11 is 0. The Morgan fingerprint density at radius 1 is 1.11 bits per heavy atom. The van der Waals surface area contributed by atoms with Crippen molar-refractivity contribution in [3.63, 3.8) is 0 Å². The van der Waals surface area contributed by atoms with E-state index in [9.17, 15) is 22.4 Å². The number of carbonyl (C=O) groups excluding carboxylic acids is 1. The smallest absolute Gasteiger partial charge is 0.383 e. The fourth-order valence-electron chi connectivity index (χ4n) is 3.56. The predicted octanol–water partition coefficient (Wildman–Crippen LogP) is 4.87. The summed E-state index contributed by atoms with van der Waals surface area (Å²) in [6.07, 6.45) is -1.14. The molecule has 0 fully saturated rings. The summed E-state index contributed by atoms with van der Waals surface area (Å²) in [4.78, 5) is 31.2. The third-order valence-electron chi connectivity index (χ3n) is 5.54. The number of aromatic nitrogens is 4. The van der Waals surface area contributed by atoms with E-state index in [1.54, 1.807) is 26.0 Å². The maximum absolute atomic E-state index is 14.5. The van der Waals surface area contributed by atoms with Gasteiger partial charge in [0.1, 0.15) is 11.6 Å². The van der Waals surface area contributed by atoms with Gasteiger partial charge in [-0.05, 0) is 55.8 Å². The topological polar surface area (TPSA) is 97.9 Å². The zero-order valence-corrected chi connectivity index (χ0v) is 18.7. The van der Waals surface area contributed by atoms with Crippen LogP contribution in [0.3, 0.4) is 0 Å². The maximum atomic E-state index is 14.5. The third-order valence-corrected chi connectivity index (χ3v) is 5.54. The first-order valence-electron chi connectivity index (χ1n) is 10.5. The Labute approximate surface area is 197 Å². The second-order valence-electron chi connectivity index (χ2n) is 7.98. The number of nitrogens with two attached hydrogens (primary N) is 1. The quantitative estimate of drug-likeness (QED) is 0.406. The van der Waals surface area contributed by atoms with Crippen molar-refractivity contribution in [1.82, 2.24) is 24.8 Å². The molecule has 180 valence electrons. The van der Waals surface area contributed by atoms with Gasteiger partial charge in [-0.25, -0.2) is 14.4 Å². The van der Waals surface area contributed by atoms with Crippen molar-refractivity contribution in [1.29, 1.82) is 0 Å². The molecule has 1 amide bonds. The lowest BCUT2D eigenvalue weighted by molar-refractivity contribution is -0.137. The summed E-state index contributed by atoms with van der Waals surface area (Å²) in [5.41, 5.74) is 6.35. The van der Waals surface area contributed by atoms with E-state index in [1.165, 1.54) is 35.5 Å². The van der Waals surface area contributed by atoms with Gasteiger partial charge in [0, 0.05) is 24.0 Å². The predicted molar refractivity (Wildman–Crippen MR) is 120 cm³/mol. The van der Waals surface area contributed by atoms with Gasteiger partial charge in [0.05, 0.1) is 35.1 Å². The molecule has 0 unspecified atom stereocenters. The molecule has 4 heterocycles. The molecule has 0 aromatic carbocycles. The molecule has 4 rings (SSSR count). The van der Waals surface area contributed by atoms with Gasteiger partial charge in [0.25, 0.3) is 5.91 Å². The largest absolute Gasteiger partial charge is 0.417 e. The van der Waals surface area contributed by atoms with Gasteiger partial charge in [-0.2, -0.15) is 13.2 Å². The van der Waals surface area contributed by atoms with E-state index in [-0.39, 0.29) is 23.5 Å². The van der Waals surface area contributed by atoms with Crippen molar-refractivity contribution in [3.05, 3.63) is 88.9 Å². The number of fused-ring (bicyclic) bond motifs is 1. The molecule has 0 bridgehead atoms. The fourth-order valence-corrected chi connectivity index (χ4v) is 3.56. The molecule has 7 nitrogen and oxygen atoms in total. The lowest BCUT2D eigenvalue weighted by Crippen LogP contribution is -2.34. The molecule has 4 aromatic rings. The number of halogens is 4. The molecular formula is C24H20F4N6O. The summed E-state index contributed by atoms with van der Waals surface area (Å²) in [5.74, 6) is -0.837. The lowest BCUT2D eigenvalue weighted by Gasteiger charge is -2.29. The molecule has 0 radical (unpaired) electrons. The normalized spacial score (nSPS) is 12.5. The Morgan fingerprint density at radius 3 is 2.54 bits per heavy atom. The Hall–Kier alpha value is -4.15. The fraction of sp³-hybridized carbons (Fsp3) is 0.208. The van der Waals surface area contributed by atoms with Crippen molar-refractivity contribution in [2.24, 2.45) is 0 Å². The van der Waals surface area contributed by atoms with Crippen LogP contribution in [-0.4, -0.2) is 30.7 Å². The summed E-state index contributed by atoms with van der Waals surface area (Å²) in [6.45, 7) is 3.16. The molecule has 2 N–H and O–H groups in total. The molecule has 0 aliphatic heterocycles. The Kier molecular flexibility index (Phi) is 6.33. The van der Waals surface area contributed by atoms with Crippen LogP contribution in [0.2, 0.25) is 0 Å². The standard InChI is InChI=1S/C24H20F4N6O/c1-13-8-15-9-16(10-32-22(15)33-21(13)29)23(35)34(14(2)20-19(25)4-3-7-30-20)12-18-6-5-17(11-31-18)24(26,27)28/h3-11,14H,12H2,1-2H3,(H2,29,32,33)/t14-/m1/s1. The van der Waals surface area contributed by atoms with Gasteiger partial charge in [0.15, 0.2) is 5.65 Å². The van der Waals surface area contributed by atoms with Crippen molar-refractivity contribution in [2.45, 2.75) is 32.6 Å². The number of rotatable bonds is 5. The summed E-state index contributed by atoms with van der Waals surface area (Å²) < 4.78 is 53.3. The number of amides is 1. The van der Waals surface area contributed by atoms with Crippen LogP contribution in [0.25, 0.3) is 11.0 Å². The average Bonchev–Trinajstić information content (AvgIpc) is 2.82. The number of nitrogens with zero attached hydrogens (tertiary/aromatic N) is 5. The third kappa shape index (κ3) is 5.03. The second kappa shape index (κ2) is 9.24. The van der Waals surface area contributed by atoms with Crippen LogP contribution in [0.1, 0.15) is 45.8 Å². The van der Waals surface area contributed by atoms with Gasteiger partial charge in [0.2, 0.25) is 0 Å². The SMILES string of the molecule is Cc1cc2cc(C(=O)N(Cc3ccc(C(F)(F)F)cn3)[C@H](C)c3ncccc3F)cnc2nc1N. The van der Waals surface area contributed by atoms with E-state index in [4.69, 9.17) is 5.73 Å². The number of hydrogen-bond donors (Lipinski definition) is 1. The minimum absolute atomic E-state index is 0.00629. The number of aryl methyl sites for hydroxylation is 1.